The average Bonchev–Trinajstić information content (AvgIpc) is 2.46. The van der Waals surface area contributed by atoms with Crippen molar-refractivity contribution in [2.24, 2.45) is 0 Å². The van der Waals surface area contributed by atoms with E-state index in [-0.39, 0.29) is 30.0 Å². The number of carboxylic acid groups (broad SMARTS) is 1. The van der Waals surface area contributed by atoms with Crippen molar-refractivity contribution in [2.75, 3.05) is 18.1 Å². The molecular weight excluding hydrogens is 292 g/mol. The van der Waals surface area contributed by atoms with Crippen molar-refractivity contribution in [3.8, 4) is 0 Å². The normalized spacial score (nSPS) is 11.5. The van der Waals surface area contributed by atoms with Crippen LogP contribution in [0.3, 0.4) is 0 Å². The molecule has 0 aliphatic rings. The van der Waals surface area contributed by atoms with E-state index in [1.54, 1.807) is 24.3 Å². The Morgan fingerprint density at radius 2 is 1.86 bits per heavy atom. The largest absolute Gasteiger partial charge is 0.481 e. The fourth-order valence-electron chi connectivity index (χ4n) is 1.44. The van der Waals surface area contributed by atoms with Gasteiger partial charge in [-0.2, -0.15) is 11.8 Å². The van der Waals surface area contributed by atoms with Gasteiger partial charge in [0.2, 0.25) is 5.91 Å². The monoisotopic (exact) mass is 310 g/mol. The zero-order valence-corrected chi connectivity index (χ0v) is 12.7. The molecule has 1 unspecified atom stereocenters. The van der Waals surface area contributed by atoms with E-state index in [1.165, 1.54) is 11.8 Å². The summed E-state index contributed by atoms with van der Waals surface area (Å²) in [7, 11) is 0. The summed E-state index contributed by atoms with van der Waals surface area (Å²) in [5.74, 6) is -1.40. The van der Waals surface area contributed by atoms with Crippen molar-refractivity contribution in [3.63, 3.8) is 0 Å². The molecule has 0 radical (unpaired) electrons. The Hall–Kier alpha value is -2.02. The lowest BCUT2D eigenvalue weighted by molar-refractivity contribution is -0.136. The molecule has 1 aromatic carbocycles. The first-order valence-electron chi connectivity index (χ1n) is 6.37. The van der Waals surface area contributed by atoms with Gasteiger partial charge in [-0.15, -0.1) is 0 Å². The molecule has 0 aliphatic carbocycles. The lowest BCUT2D eigenvalue weighted by Crippen LogP contribution is -2.26. The molecule has 1 atom stereocenters. The Bertz CT molecular complexity index is 516. The van der Waals surface area contributed by atoms with Crippen molar-refractivity contribution < 1.29 is 19.5 Å². The molecule has 7 heteroatoms. The van der Waals surface area contributed by atoms with Crippen molar-refractivity contribution >= 4 is 35.2 Å². The molecule has 0 aliphatic heterocycles. The predicted molar refractivity (Wildman–Crippen MR) is 82.6 cm³/mol. The maximum Gasteiger partial charge on any atom is 0.305 e. The molecule has 0 bridgehead atoms. The standard InChI is InChI=1S/C14H18N2O4S/c1-9(21-2)13(19)16-11-5-3-10(4-6-11)14(20)15-8-7-12(17)18/h3-6,9H,7-8H2,1-2H3,(H,15,20)(H,16,19)(H,17,18). The third-order valence-electron chi connectivity index (χ3n) is 2.76. The number of thioether (sulfide) groups is 1. The van der Waals surface area contributed by atoms with Crippen molar-refractivity contribution in [1.29, 1.82) is 0 Å². The number of carboxylic acids is 1. The molecule has 0 saturated carbocycles. The first-order chi connectivity index (χ1) is 9.93. The first-order valence-corrected chi connectivity index (χ1v) is 7.66. The van der Waals surface area contributed by atoms with Gasteiger partial charge < -0.3 is 15.7 Å². The van der Waals surface area contributed by atoms with Crippen LogP contribution in [0.15, 0.2) is 24.3 Å². The number of rotatable bonds is 7. The van der Waals surface area contributed by atoms with Crippen LogP contribution in [0.1, 0.15) is 23.7 Å². The van der Waals surface area contributed by atoms with Gasteiger partial charge in [0.15, 0.2) is 0 Å². The smallest absolute Gasteiger partial charge is 0.305 e. The molecule has 21 heavy (non-hydrogen) atoms. The Morgan fingerprint density at radius 3 is 2.38 bits per heavy atom. The highest BCUT2D eigenvalue weighted by molar-refractivity contribution is 7.99. The fourth-order valence-corrected chi connectivity index (χ4v) is 1.71. The van der Waals surface area contributed by atoms with Crippen LogP contribution >= 0.6 is 11.8 Å². The molecule has 0 saturated heterocycles. The number of amides is 2. The zero-order chi connectivity index (χ0) is 15.8. The minimum absolute atomic E-state index is 0.0812. The highest BCUT2D eigenvalue weighted by Crippen LogP contribution is 2.13. The Kier molecular flexibility index (Phi) is 6.74. The third-order valence-corrected chi connectivity index (χ3v) is 3.68. The molecule has 0 spiro atoms. The van der Waals surface area contributed by atoms with Crippen LogP contribution in [0, 0.1) is 0 Å². The minimum Gasteiger partial charge on any atom is -0.481 e. The SMILES string of the molecule is CSC(C)C(=O)Nc1ccc(C(=O)NCCC(=O)O)cc1. The van der Waals surface area contributed by atoms with Gasteiger partial charge in [-0.25, -0.2) is 0 Å². The van der Waals surface area contributed by atoms with Gasteiger partial charge in [0, 0.05) is 17.8 Å². The van der Waals surface area contributed by atoms with Gasteiger partial charge in [-0.05, 0) is 37.4 Å². The summed E-state index contributed by atoms with van der Waals surface area (Å²) in [5, 5.41) is 13.6. The van der Waals surface area contributed by atoms with Crippen LogP contribution in [0.25, 0.3) is 0 Å². The van der Waals surface area contributed by atoms with Gasteiger partial charge in [0.05, 0.1) is 11.7 Å². The van der Waals surface area contributed by atoms with Crippen molar-refractivity contribution in [2.45, 2.75) is 18.6 Å². The third kappa shape index (κ3) is 5.86. The molecule has 6 nitrogen and oxygen atoms in total. The summed E-state index contributed by atoms with van der Waals surface area (Å²) in [6.45, 7) is 1.89. The summed E-state index contributed by atoms with van der Waals surface area (Å²) in [6.07, 6.45) is 1.74. The van der Waals surface area contributed by atoms with E-state index in [0.717, 1.165) is 0 Å². The maximum atomic E-state index is 11.7. The van der Waals surface area contributed by atoms with E-state index in [4.69, 9.17) is 5.11 Å². The lowest BCUT2D eigenvalue weighted by atomic mass is 10.2. The predicted octanol–water partition coefficient (Wildman–Crippen LogP) is 1.58. The number of anilines is 1. The summed E-state index contributed by atoms with van der Waals surface area (Å²) in [6, 6.07) is 6.43. The second-order valence-electron chi connectivity index (χ2n) is 4.34. The summed E-state index contributed by atoms with van der Waals surface area (Å²) < 4.78 is 0. The van der Waals surface area contributed by atoms with Gasteiger partial charge >= 0.3 is 5.97 Å². The van der Waals surface area contributed by atoms with E-state index in [2.05, 4.69) is 10.6 Å². The molecular formula is C14H18N2O4S. The summed E-state index contributed by atoms with van der Waals surface area (Å²) in [4.78, 5) is 33.8. The lowest BCUT2D eigenvalue weighted by Gasteiger charge is -2.10. The van der Waals surface area contributed by atoms with Crippen LogP contribution in [-0.4, -0.2) is 40.9 Å². The number of benzene rings is 1. The first kappa shape index (κ1) is 17.0. The molecule has 0 fully saturated rings. The van der Waals surface area contributed by atoms with Gasteiger partial charge in [-0.3, -0.25) is 14.4 Å². The van der Waals surface area contributed by atoms with Crippen molar-refractivity contribution in [1.82, 2.24) is 5.32 Å². The molecule has 1 aromatic rings. The second kappa shape index (κ2) is 8.31. The van der Waals surface area contributed by atoms with Crippen LogP contribution in [0.4, 0.5) is 5.69 Å². The average molecular weight is 310 g/mol. The van der Waals surface area contributed by atoms with Crippen LogP contribution in [-0.2, 0) is 9.59 Å². The van der Waals surface area contributed by atoms with E-state index in [0.29, 0.717) is 11.3 Å². The van der Waals surface area contributed by atoms with Gasteiger partial charge in [0.1, 0.15) is 0 Å². The van der Waals surface area contributed by atoms with Crippen LogP contribution in [0.5, 0.6) is 0 Å². The summed E-state index contributed by atoms with van der Waals surface area (Å²) >= 11 is 1.45. The van der Waals surface area contributed by atoms with Gasteiger partial charge in [0.25, 0.3) is 5.91 Å². The molecule has 0 heterocycles. The van der Waals surface area contributed by atoms with E-state index < -0.39 is 5.97 Å². The highest BCUT2D eigenvalue weighted by atomic mass is 32.2. The zero-order valence-electron chi connectivity index (χ0n) is 11.9. The molecule has 2 amide bonds. The topological polar surface area (TPSA) is 95.5 Å². The number of carbonyl (C=O) groups is 3. The van der Waals surface area contributed by atoms with Crippen molar-refractivity contribution in [3.05, 3.63) is 29.8 Å². The Labute approximate surface area is 127 Å². The molecule has 1 rings (SSSR count). The number of hydrogen-bond acceptors (Lipinski definition) is 4. The Morgan fingerprint density at radius 1 is 1.24 bits per heavy atom. The number of nitrogens with one attached hydrogen (secondary N) is 2. The van der Waals surface area contributed by atoms with Crippen LogP contribution in [0.2, 0.25) is 0 Å². The van der Waals surface area contributed by atoms with E-state index in [1.807, 2.05) is 13.2 Å². The second-order valence-corrected chi connectivity index (χ2v) is 5.52. The van der Waals surface area contributed by atoms with E-state index >= 15 is 0 Å². The quantitative estimate of drug-likeness (QED) is 0.710. The van der Waals surface area contributed by atoms with Crippen LogP contribution < -0.4 is 10.6 Å². The molecule has 3 N–H and O–H groups in total. The highest BCUT2D eigenvalue weighted by Gasteiger charge is 2.11. The number of carbonyl (C=O) groups excluding carboxylic acids is 2. The number of aliphatic carboxylic acids is 1. The molecule has 0 aromatic heterocycles. The fraction of sp³-hybridized carbons (Fsp3) is 0.357. The Balaban J connectivity index is 2.55. The van der Waals surface area contributed by atoms with Gasteiger partial charge in [-0.1, -0.05) is 0 Å². The molecule has 114 valence electrons. The minimum atomic E-state index is -0.962. The number of hydrogen-bond donors (Lipinski definition) is 3. The maximum absolute atomic E-state index is 11.7. The summed E-state index contributed by atoms with van der Waals surface area (Å²) in [5.41, 5.74) is 1.03. The van der Waals surface area contributed by atoms with E-state index in [9.17, 15) is 14.4 Å².